The van der Waals surface area contributed by atoms with E-state index in [1.807, 2.05) is 14.0 Å². The summed E-state index contributed by atoms with van der Waals surface area (Å²) in [5.41, 5.74) is 1.87. The van der Waals surface area contributed by atoms with Gasteiger partial charge in [-0.05, 0) is 38.5 Å². The maximum absolute atomic E-state index is 12.3. The molecule has 21 heavy (non-hydrogen) atoms. The van der Waals surface area contributed by atoms with Crippen LogP contribution in [0.5, 0.6) is 5.88 Å². The van der Waals surface area contributed by atoms with Crippen LogP contribution < -0.4 is 10.1 Å². The van der Waals surface area contributed by atoms with Crippen molar-refractivity contribution in [1.82, 2.24) is 15.1 Å². The van der Waals surface area contributed by atoms with Crippen LogP contribution in [0.4, 0.5) is 0 Å². The van der Waals surface area contributed by atoms with E-state index >= 15 is 0 Å². The first-order valence-corrected chi connectivity index (χ1v) is 7.91. The maximum atomic E-state index is 12.3. The lowest BCUT2D eigenvalue weighted by molar-refractivity contribution is -0.126. The van der Waals surface area contributed by atoms with Crippen LogP contribution in [0.15, 0.2) is 0 Å². The highest BCUT2D eigenvalue weighted by Gasteiger charge is 2.25. The molecule has 1 aliphatic rings. The van der Waals surface area contributed by atoms with Gasteiger partial charge in [-0.3, -0.25) is 4.79 Å². The molecule has 0 atom stereocenters. The Balaban J connectivity index is 1.90. The van der Waals surface area contributed by atoms with Gasteiger partial charge in [0.15, 0.2) is 0 Å². The number of carbonyl (C=O) groups excluding carboxylic acids is 1. The van der Waals surface area contributed by atoms with Crippen molar-refractivity contribution >= 4 is 5.91 Å². The second-order valence-corrected chi connectivity index (χ2v) is 6.04. The van der Waals surface area contributed by atoms with Crippen molar-refractivity contribution in [2.24, 2.45) is 18.9 Å². The molecule has 1 heterocycles. The molecule has 0 bridgehead atoms. The number of nitrogens with one attached hydrogen (secondary N) is 1. The monoisotopic (exact) mass is 293 g/mol. The van der Waals surface area contributed by atoms with Crippen molar-refractivity contribution in [1.29, 1.82) is 0 Å². The number of rotatable bonds is 5. The number of amides is 1. The fourth-order valence-electron chi connectivity index (χ4n) is 3.29. The van der Waals surface area contributed by atoms with Gasteiger partial charge in [0.25, 0.3) is 0 Å². The Morgan fingerprint density at radius 1 is 1.38 bits per heavy atom. The topological polar surface area (TPSA) is 56.2 Å². The molecule has 0 saturated heterocycles. The molecule has 1 saturated carbocycles. The third-order valence-electron chi connectivity index (χ3n) is 4.72. The highest BCUT2D eigenvalue weighted by molar-refractivity contribution is 5.78. The van der Waals surface area contributed by atoms with Gasteiger partial charge in [0.2, 0.25) is 11.8 Å². The minimum atomic E-state index is 0.176. The molecule has 0 spiro atoms. The number of carbonyl (C=O) groups is 1. The van der Waals surface area contributed by atoms with Crippen molar-refractivity contribution < 1.29 is 9.53 Å². The van der Waals surface area contributed by atoms with Crippen LogP contribution in [-0.2, 0) is 18.4 Å². The number of aromatic nitrogens is 2. The van der Waals surface area contributed by atoms with Crippen molar-refractivity contribution in [3.05, 3.63) is 11.3 Å². The van der Waals surface area contributed by atoms with Crippen molar-refractivity contribution in [3.8, 4) is 5.88 Å². The highest BCUT2D eigenvalue weighted by atomic mass is 16.5. The van der Waals surface area contributed by atoms with Crippen molar-refractivity contribution in [2.75, 3.05) is 7.11 Å². The molecule has 1 aromatic heterocycles. The molecule has 2 rings (SSSR count). The second kappa shape index (κ2) is 6.96. The lowest BCUT2D eigenvalue weighted by atomic mass is 9.80. The van der Waals surface area contributed by atoms with Gasteiger partial charge in [-0.15, -0.1) is 0 Å². The summed E-state index contributed by atoms with van der Waals surface area (Å²) in [5.74, 6) is 1.89. The van der Waals surface area contributed by atoms with Crippen LogP contribution in [0, 0.1) is 18.8 Å². The Kier molecular flexibility index (Phi) is 5.26. The standard InChI is InChI=1S/C16H27N3O2/c1-5-12-6-8-13(9-7-12)15(20)17-10-14-11(2)18-19(3)16(14)21-4/h12-13H,5-10H2,1-4H3,(H,17,20). The lowest BCUT2D eigenvalue weighted by Crippen LogP contribution is -2.33. The van der Waals surface area contributed by atoms with Crippen LogP contribution in [0.3, 0.4) is 0 Å². The van der Waals surface area contributed by atoms with Crippen LogP contribution in [0.2, 0.25) is 0 Å². The number of hydrogen-bond acceptors (Lipinski definition) is 3. The Labute approximate surface area is 127 Å². The molecule has 5 heteroatoms. The fraction of sp³-hybridized carbons (Fsp3) is 0.750. The molecule has 1 fully saturated rings. The number of ether oxygens (including phenoxy) is 1. The van der Waals surface area contributed by atoms with Crippen LogP contribution in [0.25, 0.3) is 0 Å². The van der Waals surface area contributed by atoms with E-state index in [0.29, 0.717) is 6.54 Å². The van der Waals surface area contributed by atoms with E-state index in [4.69, 9.17) is 4.74 Å². The second-order valence-electron chi connectivity index (χ2n) is 6.04. The van der Waals surface area contributed by atoms with Crippen LogP contribution in [0.1, 0.15) is 50.3 Å². The van der Waals surface area contributed by atoms with Gasteiger partial charge in [-0.2, -0.15) is 5.10 Å². The number of nitrogens with zero attached hydrogens (tertiary/aromatic N) is 2. The van der Waals surface area contributed by atoms with E-state index in [1.54, 1.807) is 11.8 Å². The first-order valence-electron chi connectivity index (χ1n) is 7.91. The van der Waals surface area contributed by atoms with Gasteiger partial charge < -0.3 is 10.1 Å². The third kappa shape index (κ3) is 3.57. The summed E-state index contributed by atoms with van der Waals surface area (Å²) in [6.07, 6.45) is 5.65. The van der Waals surface area contributed by atoms with Gasteiger partial charge in [0.1, 0.15) is 0 Å². The SMILES string of the molecule is CCC1CCC(C(=O)NCc2c(C)nn(C)c2OC)CC1. The molecule has 0 radical (unpaired) electrons. The normalized spacial score (nSPS) is 22.1. The minimum absolute atomic E-state index is 0.176. The number of aryl methyl sites for hydroxylation is 2. The Bertz CT molecular complexity index is 488. The summed E-state index contributed by atoms with van der Waals surface area (Å²) in [4.78, 5) is 12.3. The van der Waals surface area contributed by atoms with E-state index < -0.39 is 0 Å². The zero-order chi connectivity index (χ0) is 15.4. The van der Waals surface area contributed by atoms with Gasteiger partial charge in [-0.25, -0.2) is 4.68 Å². The summed E-state index contributed by atoms with van der Waals surface area (Å²) in [6, 6.07) is 0. The van der Waals surface area contributed by atoms with E-state index in [0.717, 1.165) is 35.9 Å². The number of methoxy groups -OCH3 is 1. The average molecular weight is 293 g/mol. The Morgan fingerprint density at radius 2 is 2.05 bits per heavy atom. The number of hydrogen-bond donors (Lipinski definition) is 1. The minimum Gasteiger partial charge on any atom is -0.481 e. The largest absolute Gasteiger partial charge is 0.481 e. The van der Waals surface area contributed by atoms with Gasteiger partial charge >= 0.3 is 0 Å². The van der Waals surface area contributed by atoms with E-state index in [1.165, 1.54) is 19.3 Å². The maximum Gasteiger partial charge on any atom is 0.223 e. The molecular weight excluding hydrogens is 266 g/mol. The first kappa shape index (κ1) is 15.9. The molecule has 1 aromatic rings. The van der Waals surface area contributed by atoms with Gasteiger partial charge in [-0.1, -0.05) is 13.3 Å². The molecule has 0 aliphatic heterocycles. The van der Waals surface area contributed by atoms with E-state index in [2.05, 4.69) is 17.3 Å². The van der Waals surface area contributed by atoms with Crippen LogP contribution >= 0.6 is 0 Å². The summed E-state index contributed by atoms with van der Waals surface area (Å²) in [6.45, 7) is 4.67. The molecule has 1 N–H and O–H groups in total. The summed E-state index contributed by atoms with van der Waals surface area (Å²) < 4.78 is 7.06. The lowest BCUT2D eigenvalue weighted by Gasteiger charge is -2.26. The Hall–Kier alpha value is -1.52. The van der Waals surface area contributed by atoms with Crippen molar-refractivity contribution in [2.45, 2.75) is 52.5 Å². The fourth-order valence-corrected chi connectivity index (χ4v) is 3.29. The highest BCUT2D eigenvalue weighted by Crippen LogP contribution is 2.30. The quantitative estimate of drug-likeness (QED) is 0.907. The summed E-state index contributed by atoms with van der Waals surface area (Å²) >= 11 is 0. The predicted octanol–water partition coefficient (Wildman–Crippen LogP) is 2.57. The first-order chi connectivity index (χ1) is 10.1. The summed E-state index contributed by atoms with van der Waals surface area (Å²) in [7, 11) is 3.48. The van der Waals surface area contributed by atoms with Crippen molar-refractivity contribution in [3.63, 3.8) is 0 Å². The van der Waals surface area contributed by atoms with Gasteiger partial charge in [0.05, 0.1) is 18.4 Å². The molecule has 1 amide bonds. The molecule has 0 unspecified atom stereocenters. The molecule has 5 nitrogen and oxygen atoms in total. The molecule has 0 aromatic carbocycles. The van der Waals surface area contributed by atoms with E-state index in [9.17, 15) is 4.79 Å². The average Bonchev–Trinajstić information content (AvgIpc) is 2.78. The van der Waals surface area contributed by atoms with E-state index in [-0.39, 0.29) is 11.8 Å². The predicted molar refractivity (Wildman–Crippen MR) is 82.1 cm³/mol. The smallest absolute Gasteiger partial charge is 0.223 e. The molecule has 1 aliphatic carbocycles. The van der Waals surface area contributed by atoms with Crippen LogP contribution in [-0.4, -0.2) is 22.8 Å². The zero-order valence-corrected chi connectivity index (χ0v) is 13.6. The molecular formula is C16H27N3O2. The zero-order valence-electron chi connectivity index (χ0n) is 13.6. The summed E-state index contributed by atoms with van der Waals surface area (Å²) in [5, 5.41) is 7.39. The van der Waals surface area contributed by atoms with Gasteiger partial charge in [0, 0.05) is 19.5 Å². The molecule has 118 valence electrons. The Morgan fingerprint density at radius 3 is 2.62 bits per heavy atom. The third-order valence-corrected chi connectivity index (χ3v) is 4.72.